The van der Waals surface area contributed by atoms with Gasteiger partial charge in [0.15, 0.2) is 0 Å². The van der Waals surface area contributed by atoms with E-state index in [2.05, 4.69) is 35.6 Å². The molecule has 0 atom stereocenters. The highest BCUT2D eigenvalue weighted by atomic mass is 32.1. The van der Waals surface area contributed by atoms with Gasteiger partial charge in [0, 0.05) is 22.3 Å². The first-order chi connectivity index (χ1) is 10.3. The number of nitrogens with one attached hydrogen (secondary N) is 1. The van der Waals surface area contributed by atoms with Gasteiger partial charge >= 0.3 is 0 Å². The van der Waals surface area contributed by atoms with Crippen molar-refractivity contribution in [2.45, 2.75) is 0 Å². The highest BCUT2D eigenvalue weighted by Gasteiger charge is 2.06. The number of benzene rings is 2. The molecule has 21 heavy (non-hydrogen) atoms. The molecule has 3 aromatic rings. The number of anilines is 1. The Morgan fingerprint density at radius 2 is 1.90 bits per heavy atom. The van der Waals surface area contributed by atoms with Crippen LogP contribution >= 0.6 is 11.3 Å². The lowest BCUT2D eigenvalue weighted by atomic mass is 10.1. The minimum absolute atomic E-state index is 0.106. The second kappa shape index (κ2) is 6.14. The van der Waals surface area contributed by atoms with E-state index in [9.17, 15) is 4.39 Å². The Morgan fingerprint density at radius 3 is 2.62 bits per heavy atom. The molecular formula is C17H16FNOS. The molecule has 0 aliphatic rings. The molecule has 1 heterocycles. The Kier molecular flexibility index (Phi) is 4.06. The van der Waals surface area contributed by atoms with E-state index in [1.54, 1.807) is 11.3 Å². The summed E-state index contributed by atoms with van der Waals surface area (Å²) in [5, 5.41) is 4.30. The SMILES string of the molecule is CNc1ccc(-c2cc3ccc(OCCF)cc3s2)cc1. The van der Waals surface area contributed by atoms with E-state index < -0.39 is 6.67 Å². The van der Waals surface area contributed by atoms with E-state index in [1.165, 1.54) is 15.8 Å². The number of rotatable bonds is 5. The second-order valence-corrected chi connectivity index (χ2v) is 5.76. The van der Waals surface area contributed by atoms with Crippen molar-refractivity contribution in [2.24, 2.45) is 0 Å². The molecule has 3 rings (SSSR count). The fourth-order valence-corrected chi connectivity index (χ4v) is 3.30. The Balaban J connectivity index is 1.92. The minimum atomic E-state index is -0.467. The summed E-state index contributed by atoms with van der Waals surface area (Å²) < 4.78 is 18.6. The van der Waals surface area contributed by atoms with Gasteiger partial charge in [-0.2, -0.15) is 0 Å². The number of ether oxygens (including phenoxy) is 1. The summed E-state index contributed by atoms with van der Waals surface area (Å²) in [5.74, 6) is 0.721. The first-order valence-corrected chi connectivity index (χ1v) is 7.62. The minimum Gasteiger partial charge on any atom is -0.491 e. The van der Waals surface area contributed by atoms with Crippen LogP contribution in [-0.4, -0.2) is 20.3 Å². The topological polar surface area (TPSA) is 21.3 Å². The highest BCUT2D eigenvalue weighted by molar-refractivity contribution is 7.22. The van der Waals surface area contributed by atoms with Crippen molar-refractivity contribution in [1.82, 2.24) is 0 Å². The van der Waals surface area contributed by atoms with Crippen LogP contribution in [0.3, 0.4) is 0 Å². The molecule has 1 N–H and O–H groups in total. The molecule has 4 heteroatoms. The predicted octanol–water partition coefficient (Wildman–Crippen LogP) is 4.96. The van der Waals surface area contributed by atoms with Gasteiger partial charge in [0.05, 0.1) is 0 Å². The standard InChI is InChI=1S/C17H16FNOS/c1-19-14-5-2-12(3-6-14)16-10-13-4-7-15(20-9-8-18)11-17(13)21-16/h2-7,10-11,19H,8-9H2,1H3. The van der Waals surface area contributed by atoms with Crippen molar-refractivity contribution >= 4 is 27.1 Å². The van der Waals surface area contributed by atoms with E-state index in [4.69, 9.17) is 4.74 Å². The lowest BCUT2D eigenvalue weighted by Crippen LogP contribution is -1.97. The Labute approximate surface area is 127 Å². The average molecular weight is 301 g/mol. The summed E-state index contributed by atoms with van der Waals surface area (Å²) in [6.07, 6.45) is 0. The lowest BCUT2D eigenvalue weighted by molar-refractivity contribution is 0.273. The lowest BCUT2D eigenvalue weighted by Gasteiger charge is -2.02. The zero-order valence-electron chi connectivity index (χ0n) is 11.7. The number of alkyl halides is 1. The Morgan fingerprint density at radius 1 is 1.10 bits per heavy atom. The molecule has 1 aromatic heterocycles. The zero-order valence-corrected chi connectivity index (χ0v) is 12.5. The van der Waals surface area contributed by atoms with Crippen molar-refractivity contribution in [3.63, 3.8) is 0 Å². The molecule has 0 spiro atoms. The fourth-order valence-electron chi connectivity index (χ4n) is 2.20. The average Bonchev–Trinajstić information content (AvgIpc) is 2.96. The summed E-state index contributed by atoms with van der Waals surface area (Å²) in [4.78, 5) is 1.22. The molecule has 2 nitrogen and oxygen atoms in total. The van der Waals surface area contributed by atoms with E-state index in [1.807, 2.05) is 25.2 Å². The van der Waals surface area contributed by atoms with Crippen LogP contribution in [0.1, 0.15) is 0 Å². The molecule has 0 unspecified atom stereocenters. The number of thiophene rings is 1. The van der Waals surface area contributed by atoms with Crippen LogP contribution < -0.4 is 10.1 Å². The third-order valence-electron chi connectivity index (χ3n) is 3.30. The summed E-state index contributed by atoms with van der Waals surface area (Å²) in [5.41, 5.74) is 2.29. The number of halogens is 1. The number of hydrogen-bond acceptors (Lipinski definition) is 3. The van der Waals surface area contributed by atoms with E-state index >= 15 is 0 Å². The molecule has 108 valence electrons. The van der Waals surface area contributed by atoms with Gasteiger partial charge in [0.1, 0.15) is 19.0 Å². The summed E-state index contributed by atoms with van der Waals surface area (Å²) in [6.45, 7) is -0.360. The third-order valence-corrected chi connectivity index (χ3v) is 4.44. The van der Waals surface area contributed by atoms with Gasteiger partial charge in [-0.1, -0.05) is 12.1 Å². The molecule has 0 saturated heterocycles. The van der Waals surface area contributed by atoms with Gasteiger partial charge in [0.25, 0.3) is 0 Å². The molecule has 0 amide bonds. The van der Waals surface area contributed by atoms with Crippen molar-refractivity contribution in [1.29, 1.82) is 0 Å². The van der Waals surface area contributed by atoms with E-state index in [-0.39, 0.29) is 6.61 Å². The first kappa shape index (κ1) is 13.9. The van der Waals surface area contributed by atoms with Gasteiger partial charge in [-0.25, -0.2) is 4.39 Å². The van der Waals surface area contributed by atoms with Gasteiger partial charge in [0.2, 0.25) is 0 Å². The third kappa shape index (κ3) is 3.00. The van der Waals surface area contributed by atoms with Crippen LogP contribution in [0.5, 0.6) is 5.75 Å². The van der Waals surface area contributed by atoms with Crippen molar-refractivity contribution in [3.8, 4) is 16.2 Å². The normalized spacial score (nSPS) is 10.8. The maximum atomic E-state index is 12.2. The van der Waals surface area contributed by atoms with Crippen molar-refractivity contribution in [3.05, 3.63) is 48.5 Å². The zero-order chi connectivity index (χ0) is 14.7. The quantitative estimate of drug-likeness (QED) is 0.719. The van der Waals surface area contributed by atoms with E-state index in [0.29, 0.717) is 0 Å². The smallest absolute Gasteiger partial charge is 0.123 e. The molecule has 2 aromatic carbocycles. The van der Waals surface area contributed by atoms with Gasteiger partial charge in [-0.15, -0.1) is 11.3 Å². The Bertz CT molecular complexity index is 736. The molecule has 0 fully saturated rings. The molecular weight excluding hydrogens is 285 g/mol. The van der Waals surface area contributed by atoms with Crippen LogP contribution in [0.2, 0.25) is 0 Å². The maximum Gasteiger partial charge on any atom is 0.123 e. The summed E-state index contributed by atoms with van der Waals surface area (Å²) in [7, 11) is 1.91. The van der Waals surface area contributed by atoms with Crippen LogP contribution in [-0.2, 0) is 0 Å². The summed E-state index contributed by atoms with van der Waals surface area (Å²) in [6, 6.07) is 16.4. The molecule has 0 aliphatic carbocycles. The van der Waals surface area contributed by atoms with Gasteiger partial charge in [-0.3, -0.25) is 0 Å². The molecule has 0 radical (unpaired) electrons. The van der Waals surface area contributed by atoms with Crippen molar-refractivity contribution < 1.29 is 9.13 Å². The monoisotopic (exact) mass is 301 g/mol. The van der Waals surface area contributed by atoms with Crippen LogP contribution in [0.25, 0.3) is 20.5 Å². The first-order valence-electron chi connectivity index (χ1n) is 6.81. The number of hydrogen-bond donors (Lipinski definition) is 1. The summed E-state index contributed by atoms with van der Waals surface area (Å²) >= 11 is 1.72. The molecule has 0 saturated carbocycles. The Hall–Kier alpha value is -2.07. The second-order valence-electron chi connectivity index (χ2n) is 4.68. The van der Waals surface area contributed by atoms with Crippen LogP contribution in [0.15, 0.2) is 48.5 Å². The van der Waals surface area contributed by atoms with Gasteiger partial charge in [-0.05, 0) is 47.3 Å². The molecule has 0 aliphatic heterocycles. The maximum absolute atomic E-state index is 12.2. The molecule has 0 bridgehead atoms. The largest absolute Gasteiger partial charge is 0.491 e. The van der Waals surface area contributed by atoms with E-state index in [0.717, 1.165) is 16.1 Å². The van der Waals surface area contributed by atoms with Crippen molar-refractivity contribution in [2.75, 3.05) is 25.6 Å². The highest BCUT2D eigenvalue weighted by Crippen LogP contribution is 2.35. The van der Waals surface area contributed by atoms with Gasteiger partial charge < -0.3 is 10.1 Å². The van der Waals surface area contributed by atoms with Crippen LogP contribution in [0, 0.1) is 0 Å². The number of fused-ring (bicyclic) bond motifs is 1. The predicted molar refractivity (Wildman–Crippen MR) is 88.3 cm³/mol. The fraction of sp³-hybridized carbons (Fsp3) is 0.176. The van der Waals surface area contributed by atoms with Crippen LogP contribution in [0.4, 0.5) is 10.1 Å².